The first-order valence-corrected chi connectivity index (χ1v) is 32.7. The van der Waals surface area contributed by atoms with E-state index in [9.17, 15) is 45.6 Å². The van der Waals surface area contributed by atoms with Crippen molar-refractivity contribution in [1.82, 2.24) is 5.32 Å². The van der Waals surface area contributed by atoms with Crippen LogP contribution < -0.4 is 5.32 Å². The van der Waals surface area contributed by atoms with Gasteiger partial charge in [0.1, 0.15) is 48.8 Å². The predicted molar refractivity (Wildman–Crippen MR) is 318 cm³/mol. The molecule has 0 radical (unpaired) electrons. The summed E-state index contributed by atoms with van der Waals surface area (Å²) in [6.07, 6.45) is 46.1. The Bertz CT molecular complexity index is 1460. The number of ether oxygens (including phenoxy) is 4. The van der Waals surface area contributed by atoms with Gasteiger partial charge in [0.25, 0.3) is 0 Å². The van der Waals surface area contributed by atoms with E-state index in [0.29, 0.717) is 6.42 Å². The monoisotopic (exact) mass is 1120 g/mol. The number of hydrogen-bond donors (Lipinski definition) is 9. The largest absolute Gasteiger partial charge is 0.394 e. The van der Waals surface area contributed by atoms with Crippen LogP contribution in [0.4, 0.5) is 0 Å². The summed E-state index contributed by atoms with van der Waals surface area (Å²) >= 11 is 0. The summed E-state index contributed by atoms with van der Waals surface area (Å²) in [6, 6.07) is -0.915. The fourth-order valence-corrected chi connectivity index (χ4v) is 10.8. The molecule has 12 unspecified atom stereocenters. The van der Waals surface area contributed by atoms with Gasteiger partial charge in [0.15, 0.2) is 12.6 Å². The normalized spacial score (nSPS) is 24.6. The second-order valence-electron chi connectivity index (χ2n) is 23.2. The van der Waals surface area contributed by atoms with Gasteiger partial charge in [-0.1, -0.05) is 256 Å². The lowest BCUT2D eigenvalue weighted by atomic mass is 9.97. The summed E-state index contributed by atoms with van der Waals surface area (Å²) in [4.78, 5) is 13.3. The van der Waals surface area contributed by atoms with Crippen molar-refractivity contribution in [3.05, 3.63) is 36.5 Å². The minimum absolute atomic E-state index is 0.237. The maximum atomic E-state index is 13.3. The van der Waals surface area contributed by atoms with Crippen LogP contribution >= 0.6 is 0 Å². The molecular weight excluding hydrogens is 1000 g/mol. The van der Waals surface area contributed by atoms with Gasteiger partial charge >= 0.3 is 0 Å². The van der Waals surface area contributed by atoms with E-state index in [2.05, 4.69) is 43.5 Å². The Balaban J connectivity index is 1.72. The smallest absolute Gasteiger partial charge is 0.220 e. The van der Waals surface area contributed by atoms with Crippen molar-refractivity contribution in [2.45, 2.75) is 351 Å². The number of allylic oxidation sites excluding steroid dienone is 5. The van der Waals surface area contributed by atoms with E-state index < -0.39 is 86.8 Å². The van der Waals surface area contributed by atoms with Crippen LogP contribution in [-0.4, -0.2) is 140 Å². The molecule has 0 bridgehead atoms. The quantitative estimate of drug-likeness (QED) is 0.0204. The summed E-state index contributed by atoms with van der Waals surface area (Å²) in [7, 11) is 0. The van der Waals surface area contributed by atoms with Crippen LogP contribution in [-0.2, 0) is 23.7 Å². The summed E-state index contributed by atoms with van der Waals surface area (Å²) in [6.45, 7) is 2.82. The van der Waals surface area contributed by atoms with Gasteiger partial charge in [-0.2, -0.15) is 0 Å². The molecule has 0 aromatic carbocycles. The third-order valence-corrected chi connectivity index (χ3v) is 16.1. The second-order valence-corrected chi connectivity index (χ2v) is 23.2. The number of carbonyl (C=O) groups is 1. The molecule has 2 fully saturated rings. The minimum Gasteiger partial charge on any atom is -0.394 e. The van der Waals surface area contributed by atoms with E-state index in [-0.39, 0.29) is 18.9 Å². The molecular formula is C65H121NO13. The zero-order valence-corrected chi connectivity index (χ0v) is 50.1. The number of nitrogens with one attached hydrogen (secondary N) is 1. The lowest BCUT2D eigenvalue weighted by Gasteiger charge is -2.46. The molecule has 2 heterocycles. The average molecular weight is 1120 g/mol. The molecule has 0 saturated carbocycles. The van der Waals surface area contributed by atoms with Gasteiger partial charge in [0.2, 0.25) is 5.91 Å². The predicted octanol–water partition coefficient (Wildman–Crippen LogP) is 12.2. The van der Waals surface area contributed by atoms with Crippen LogP contribution in [0.25, 0.3) is 0 Å². The van der Waals surface area contributed by atoms with Crippen LogP contribution in [0.1, 0.15) is 277 Å². The van der Waals surface area contributed by atoms with Crippen LogP contribution in [0.5, 0.6) is 0 Å². The topological polar surface area (TPSA) is 228 Å². The van der Waals surface area contributed by atoms with Gasteiger partial charge in [-0.25, -0.2) is 0 Å². The molecule has 2 aliphatic rings. The maximum absolute atomic E-state index is 13.3. The zero-order chi connectivity index (χ0) is 57.4. The Kier molecular flexibility index (Phi) is 47.0. The van der Waals surface area contributed by atoms with Gasteiger partial charge in [-0.05, 0) is 51.4 Å². The number of aliphatic hydroxyl groups excluding tert-OH is 8. The third kappa shape index (κ3) is 35.8. The number of hydrogen-bond acceptors (Lipinski definition) is 13. The van der Waals surface area contributed by atoms with Crippen molar-refractivity contribution in [3.63, 3.8) is 0 Å². The highest BCUT2D eigenvalue weighted by molar-refractivity contribution is 5.76. The second kappa shape index (κ2) is 50.7. The molecule has 14 heteroatoms. The van der Waals surface area contributed by atoms with Crippen LogP contribution in [0.3, 0.4) is 0 Å². The van der Waals surface area contributed by atoms with Crippen LogP contribution in [0.2, 0.25) is 0 Å². The zero-order valence-electron chi connectivity index (χ0n) is 50.1. The number of unbranched alkanes of at least 4 members (excludes halogenated alkanes) is 36. The van der Waals surface area contributed by atoms with Crippen LogP contribution in [0, 0.1) is 0 Å². The molecule has 0 spiro atoms. The van der Waals surface area contributed by atoms with E-state index in [0.717, 1.165) is 44.9 Å². The molecule has 2 saturated heterocycles. The first kappa shape index (κ1) is 73.3. The molecule has 14 nitrogen and oxygen atoms in total. The molecule has 12 atom stereocenters. The molecule has 79 heavy (non-hydrogen) atoms. The Morgan fingerprint density at radius 2 is 0.835 bits per heavy atom. The summed E-state index contributed by atoms with van der Waals surface area (Å²) in [5.74, 6) is -0.237. The standard InChI is InChI=1S/C65H121NO13/c1-3-5-7-9-11-13-15-17-19-21-23-25-26-27-28-29-31-33-35-37-39-41-43-45-47-49-57(70)66-53(54(69)48-46-44-42-40-38-36-34-32-30-24-22-20-18-16-14-12-10-8-6-4-2)52-76-64-62(75)60(73)63(56(51-68)78-64)79-65-61(74)59(72)58(71)55(50-67)77-65/h15,17,21,23,46,48,53-56,58-65,67-69,71-75H,3-14,16,18-20,22,24-45,47,49-52H2,1-2H3,(H,66,70)/b17-15-,23-21-,48-46+. The number of rotatable bonds is 53. The van der Waals surface area contributed by atoms with Crippen molar-refractivity contribution in [2.75, 3.05) is 19.8 Å². The third-order valence-electron chi connectivity index (χ3n) is 16.1. The Hall–Kier alpha value is -1.79. The van der Waals surface area contributed by atoms with Crippen molar-refractivity contribution >= 4 is 5.91 Å². The lowest BCUT2D eigenvalue weighted by Crippen LogP contribution is -2.65. The molecule has 0 aromatic rings. The van der Waals surface area contributed by atoms with E-state index >= 15 is 0 Å². The van der Waals surface area contributed by atoms with Gasteiger partial charge in [-0.15, -0.1) is 0 Å². The number of carbonyl (C=O) groups excluding carboxylic acids is 1. The lowest BCUT2D eigenvalue weighted by molar-refractivity contribution is -0.359. The Labute approximate surface area is 481 Å². The Morgan fingerprint density at radius 3 is 1.27 bits per heavy atom. The summed E-state index contributed by atoms with van der Waals surface area (Å²) in [5.41, 5.74) is 0. The highest BCUT2D eigenvalue weighted by atomic mass is 16.7. The fraction of sp³-hybridized carbons (Fsp3) is 0.892. The minimum atomic E-state index is -1.79. The van der Waals surface area contributed by atoms with Gasteiger partial charge in [0, 0.05) is 6.42 Å². The van der Waals surface area contributed by atoms with Crippen molar-refractivity contribution in [1.29, 1.82) is 0 Å². The number of aliphatic hydroxyl groups is 8. The average Bonchev–Trinajstić information content (AvgIpc) is 3.47. The fourth-order valence-electron chi connectivity index (χ4n) is 10.8. The maximum Gasteiger partial charge on any atom is 0.220 e. The van der Waals surface area contributed by atoms with E-state index in [1.54, 1.807) is 6.08 Å². The molecule has 2 rings (SSSR count). The van der Waals surface area contributed by atoms with Crippen molar-refractivity contribution in [3.8, 4) is 0 Å². The molecule has 2 aliphatic heterocycles. The summed E-state index contributed by atoms with van der Waals surface area (Å²) in [5, 5.41) is 87.3. The Morgan fingerprint density at radius 1 is 0.456 bits per heavy atom. The molecule has 1 amide bonds. The first-order chi connectivity index (χ1) is 38.6. The van der Waals surface area contributed by atoms with Crippen LogP contribution in [0.15, 0.2) is 36.5 Å². The molecule has 464 valence electrons. The first-order valence-electron chi connectivity index (χ1n) is 32.7. The van der Waals surface area contributed by atoms with E-state index in [4.69, 9.17) is 18.9 Å². The van der Waals surface area contributed by atoms with Gasteiger partial charge < -0.3 is 65.1 Å². The van der Waals surface area contributed by atoms with Crippen molar-refractivity contribution < 1.29 is 64.6 Å². The highest BCUT2D eigenvalue weighted by Crippen LogP contribution is 2.30. The molecule has 0 aromatic heterocycles. The summed E-state index contributed by atoms with van der Waals surface area (Å²) < 4.78 is 22.8. The SMILES string of the molecule is CCCCCCC/C=C\C/C=C\CCCCCCCCCCCCCCCC(=O)NC(COC1OC(CO)C(OC2OC(CO)C(O)C(O)C2O)C(O)C1O)C(O)/C=C/CCCCCCCCCCCCCCCCCCCC. The molecule has 9 N–H and O–H groups in total. The highest BCUT2D eigenvalue weighted by Gasteiger charge is 2.51. The van der Waals surface area contributed by atoms with Gasteiger partial charge in [0.05, 0.1) is 32.0 Å². The van der Waals surface area contributed by atoms with E-state index in [1.165, 1.54) is 205 Å². The number of amides is 1. The van der Waals surface area contributed by atoms with Gasteiger partial charge in [-0.3, -0.25) is 4.79 Å². The van der Waals surface area contributed by atoms with Crippen molar-refractivity contribution in [2.24, 2.45) is 0 Å². The molecule has 0 aliphatic carbocycles. The van der Waals surface area contributed by atoms with E-state index in [1.807, 2.05) is 6.08 Å².